The van der Waals surface area contributed by atoms with Crippen LogP contribution >= 0.6 is 27.5 Å². The van der Waals surface area contributed by atoms with Crippen LogP contribution in [0.3, 0.4) is 0 Å². The third kappa shape index (κ3) is 3.03. The number of hydrogen-bond donors (Lipinski definition) is 1. The minimum atomic E-state index is 0.210. The van der Waals surface area contributed by atoms with Crippen LogP contribution in [0.2, 0.25) is 5.02 Å². The van der Waals surface area contributed by atoms with Gasteiger partial charge in [-0.25, -0.2) is 0 Å². The molecular weight excluding hydrogens is 350 g/mol. The predicted molar refractivity (Wildman–Crippen MR) is 89.6 cm³/mol. The lowest BCUT2D eigenvalue weighted by molar-refractivity contribution is 0.411. The van der Waals surface area contributed by atoms with Crippen LogP contribution in [0.25, 0.3) is 0 Å². The second-order valence-corrected chi connectivity index (χ2v) is 6.99. The van der Waals surface area contributed by atoms with Crippen molar-refractivity contribution in [1.82, 2.24) is 15.1 Å². The molecule has 2 aromatic rings. The average Bonchev–Trinajstić information content (AvgIpc) is 2.81. The summed E-state index contributed by atoms with van der Waals surface area (Å²) in [5.41, 5.74) is 3.83. The summed E-state index contributed by atoms with van der Waals surface area (Å²) in [6.45, 7) is 2.17. The van der Waals surface area contributed by atoms with Crippen molar-refractivity contribution in [2.75, 3.05) is 0 Å². The Bertz CT molecular complexity index is 653. The Labute approximate surface area is 138 Å². The zero-order valence-electron chi connectivity index (χ0n) is 12.2. The smallest absolute Gasteiger partial charge is 0.0540 e. The number of halogens is 2. The van der Waals surface area contributed by atoms with Gasteiger partial charge in [0.1, 0.15) is 0 Å². The third-order valence-electron chi connectivity index (χ3n) is 4.26. The monoisotopic (exact) mass is 367 g/mol. The molecule has 21 heavy (non-hydrogen) atoms. The molecule has 0 saturated carbocycles. The van der Waals surface area contributed by atoms with Gasteiger partial charge in [0.25, 0.3) is 0 Å². The van der Waals surface area contributed by atoms with Crippen molar-refractivity contribution in [3.63, 3.8) is 0 Å². The van der Waals surface area contributed by atoms with E-state index in [9.17, 15) is 0 Å². The molecule has 0 bridgehead atoms. The summed E-state index contributed by atoms with van der Waals surface area (Å²) < 4.78 is 3.01. The fourth-order valence-electron chi connectivity index (χ4n) is 3.12. The SMILES string of the molecule is CC(NC1CCCc2c1cnn2C)c1ccc(Br)cc1Cl. The number of aromatic nitrogens is 2. The van der Waals surface area contributed by atoms with Gasteiger partial charge in [0.2, 0.25) is 0 Å². The number of fused-ring (bicyclic) bond motifs is 1. The molecule has 2 atom stereocenters. The highest BCUT2D eigenvalue weighted by atomic mass is 79.9. The lowest BCUT2D eigenvalue weighted by Crippen LogP contribution is -2.28. The van der Waals surface area contributed by atoms with Crippen LogP contribution in [0.5, 0.6) is 0 Å². The van der Waals surface area contributed by atoms with Crippen molar-refractivity contribution in [2.45, 2.75) is 38.3 Å². The normalized spacial score (nSPS) is 19.3. The van der Waals surface area contributed by atoms with Crippen LogP contribution in [-0.4, -0.2) is 9.78 Å². The molecule has 112 valence electrons. The second kappa shape index (κ2) is 6.11. The quantitative estimate of drug-likeness (QED) is 0.860. The molecular formula is C16H19BrClN3. The third-order valence-corrected chi connectivity index (χ3v) is 5.08. The molecule has 0 spiro atoms. The van der Waals surface area contributed by atoms with Gasteiger partial charge in [-0.15, -0.1) is 0 Å². The molecule has 0 amide bonds. The lowest BCUT2D eigenvalue weighted by Gasteiger charge is -2.27. The molecule has 0 saturated heterocycles. The highest BCUT2D eigenvalue weighted by Gasteiger charge is 2.25. The summed E-state index contributed by atoms with van der Waals surface area (Å²) in [6.07, 6.45) is 5.47. The molecule has 1 N–H and O–H groups in total. The van der Waals surface area contributed by atoms with Gasteiger partial charge in [-0.05, 0) is 43.9 Å². The van der Waals surface area contributed by atoms with Crippen molar-refractivity contribution in [1.29, 1.82) is 0 Å². The van der Waals surface area contributed by atoms with Gasteiger partial charge in [-0.2, -0.15) is 5.10 Å². The molecule has 0 fully saturated rings. The first-order valence-electron chi connectivity index (χ1n) is 7.28. The predicted octanol–water partition coefficient (Wildman–Crippen LogP) is 4.56. The Kier molecular flexibility index (Phi) is 4.38. The summed E-state index contributed by atoms with van der Waals surface area (Å²) in [7, 11) is 2.02. The van der Waals surface area contributed by atoms with Gasteiger partial charge in [0, 0.05) is 39.9 Å². The van der Waals surface area contributed by atoms with E-state index in [1.54, 1.807) is 0 Å². The molecule has 1 aliphatic rings. The molecule has 0 radical (unpaired) electrons. The van der Waals surface area contributed by atoms with Crippen LogP contribution in [0.15, 0.2) is 28.9 Å². The summed E-state index contributed by atoms with van der Waals surface area (Å²) in [5, 5.41) is 8.91. The number of nitrogens with zero attached hydrogens (tertiary/aromatic N) is 2. The van der Waals surface area contributed by atoms with Gasteiger partial charge in [-0.3, -0.25) is 4.68 Å². The van der Waals surface area contributed by atoms with Gasteiger partial charge in [-0.1, -0.05) is 33.6 Å². The minimum absolute atomic E-state index is 0.210. The number of hydrogen-bond acceptors (Lipinski definition) is 2. The van der Waals surface area contributed by atoms with Crippen molar-refractivity contribution in [3.8, 4) is 0 Å². The van der Waals surface area contributed by atoms with Crippen molar-refractivity contribution < 1.29 is 0 Å². The van der Waals surface area contributed by atoms with Gasteiger partial charge >= 0.3 is 0 Å². The number of rotatable bonds is 3. The zero-order valence-corrected chi connectivity index (χ0v) is 14.6. The second-order valence-electron chi connectivity index (χ2n) is 5.67. The van der Waals surface area contributed by atoms with Gasteiger partial charge < -0.3 is 5.32 Å². The van der Waals surface area contributed by atoms with E-state index in [0.717, 1.165) is 27.9 Å². The molecule has 3 nitrogen and oxygen atoms in total. The Balaban J connectivity index is 1.81. The van der Waals surface area contributed by atoms with E-state index in [1.807, 2.05) is 30.1 Å². The van der Waals surface area contributed by atoms with E-state index in [-0.39, 0.29) is 6.04 Å². The van der Waals surface area contributed by atoms with Crippen molar-refractivity contribution >= 4 is 27.5 Å². The largest absolute Gasteiger partial charge is 0.303 e. The molecule has 1 aliphatic carbocycles. The summed E-state index contributed by atoms with van der Waals surface area (Å²) in [4.78, 5) is 0. The van der Waals surface area contributed by atoms with E-state index in [4.69, 9.17) is 11.6 Å². The summed E-state index contributed by atoms with van der Waals surface area (Å²) >= 11 is 9.81. The van der Waals surface area contributed by atoms with E-state index in [1.165, 1.54) is 17.7 Å². The highest BCUT2D eigenvalue weighted by Crippen LogP contribution is 2.33. The van der Waals surface area contributed by atoms with Crippen LogP contribution in [0, 0.1) is 0 Å². The maximum Gasteiger partial charge on any atom is 0.0540 e. The standard InChI is InChI=1S/C16H19BrClN3/c1-10(12-7-6-11(17)8-14(12)18)20-15-4-3-5-16-13(15)9-19-21(16)2/h6-10,15,20H,3-5H2,1-2H3. The number of benzene rings is 1. The Morgan fingerprint density at radius 3 is 3.05 bits per heavy atom. The molecule has 1 heterocycles. The lowest BCUT2D eigenvalue weighted by atomic mass is 9.92. The molecule has 1 aromatic carbocycles. The van der Waals surface area contributed by atoms with Crippen LogP contribution in [0.1, 0.15) is 48.7 Å². The first kappa shape index (κ1) is 15.1. The van der Waals surface area contributed by atoms with E-state index < -0.39 is 0 Å². The first-order chi connectivity index (χ1) is 10.1. The maximum absolute atomic E-state index is 6.36. The van der Waals surface area contributed by atoms with Crippen LogP contribution in [0.4, 0.5) is 0 Å². The minimum Gasteiger partial charge on any atom is -0.303 e. The van der Waals surface area contributed by atoms with Crippen LogP contribution < -0.4 is 5.32 Å². The number of aryl methyl sites for hydroxylation is 1. The fraction of sp³-hybridized carbons (Fsp3) is 0.438. The number of nitrogens with one attached hydrogen (secondary N) is 1. The van der Waals surface area contributed by atoms with E-state index in [0.29, 0.717) is 6.04 Å². The fourth-order valence-corrected chi connectivity index (χ4v) is 3.96. The zero-order chi connectivity index (χ0) is 15.0. The van der Waals surface area contributed by atoms with Gasteiger partial charge in [0.05, 0.1) is 6.20 Å². The van der Waals surface area contributed by atoms with Crippen molar-refractivity contribution in [3.05, 3.63) is 50.7 Å². The van der Waals surface area contributed by atoms with Crippen molar-refractivity contribution in [2.24, 2.45) is 7.05 Å². The molecule has 0 aliphatic heterocycles. The Hall–Kier alpha value is -0.840. The Morgan fingerprint density at radius 2 is 2.29 bits per heavy atom. The topological polar surface area (TPSA) is 29.9 Å². The average molecular weight is 369 g/mol. The first-order valence-corrected chi connectivity index (χ1v) is 8.45. The maximum atomic E-state index is 6.36. The van der Waals surface area contributed by atoms with Gasteiger partial charge in [0.15, 0.2) is 0 Å². The van der Waals surface area contributed by atoms with E-state index in [2.05, 4.69) is 39.3 Å². The molecule has 1 aromatic heterocycles. The van der Waals surface area contributed by atoms with E-state index >= 15 is 0 Å². The summed E-state index contributed by atoms with van der Waals surface area (Å²) in [5.74, 6) is 0. The molecule has 3 rings (SSSR count). The Morgan fingerprint density at radius 1 is 1.48 bits per heavy atom. The summed E-state index contributed by atoms with van der Waals surface area (Å²) in [6, 6.07) is 6.64. The van der Waals surface area contributed by atoms with Crippen LogP contribution in [-0.2, 0) is 13.5 Å². The molecule has 2 unspecified atom stereocenters. The highest BCUT2D eigenvalue weighted by molar-refractivity contribution is 9.10. The molecule has 5 heteroatoms.